The Kier molecular flexibility index (Phi) is 6.50. The molecule has 8 unspecified atom stereocenters. The van der Waals surface area contributed by atoms with E-state index >= 15 is 0 Å². The highest BCUT2D eigenvalue weighted by molar-refractivity contribution is 6.10. The molecule has 2 spiro atoms. The first kappa shape index (κ1) is 29.3. The van der Waals surface area contributed by atoms with E-state index < -0.39 is 39.6 Å². The summed E-state index contributed by atoms with van der Waals surface area (Å²) >= 11 is 0. The van der Waals surface area contributed by atoms with Gasteiger partial charge in [-0.25, -0.2) is 8.78 Å². The summed E-state index contributed by atoms with van der Waals surface area (Å²) in [5.41, 5.74) is -1.96. The van der Waals surface area contributed by atoms with E-state index in [0.717, 1.165) is 57.3 Å². The number of halogens is 2. The average molecular weight is 595 g/mol. The van der Waals surface area contributed by atoms with Crippen LogP contribution in [0.2, 0.25) is 0 Å². The minimum atomic E-state index is -1.04. The van der Waals surface area contributed by atoms with E-state index in [-0.39, 0.29) is 34.5 Å². The maximum Gasteiger partial charge on any atom is 0.219 e. The van der Waals surface area contributed by atoms with E-state index in [4.69, 9.17) is 0 Å². The van der Waals surface area contributed by atoms with Crippen molar-refractivity contribution >= 4 is 11.7 Å². The monoisotopic (exact) mass is 594 g/mol. The molecule has 6 nitrogen and oxygen atoms in total. The maximum absolute atomic E-state index is 14.5. The number of ketones is 1. The highest BCUT2D eigenvalue weighted by Crippen LogP contribution is 2.78. The van der Waals surface area contributed by atoms with Gasteiger partial charge in [-0.2, -0.15) is 0 Å². The largest absolute Gasteiger partial charge is 0.393 e. The van der Waals surface area contributed by atoms with Crippen LogP contribution in [0.25, 0.3) is 0 Å². The number of rotatable bonds is 4. The predicted octanol–water partition coefficient (Wildman–Crippen LogP) is 4.90. The zero-order chi connectivity index (χ0) is 30.6. The van der Waals surface area contributed by atoms with Crippen LogP contribution in [0.5, 0.6) is 0 Å². The number of β-amino-alcohol motifs (C(OH)–C–C–N with tert-alkyl or cyclic N) is 1. The molecule has 1 aromatic carbocycles. The Hall–Kier alpha value is -2.42. The number of carbonyl (C=O) groups is 2. The molecule has 1 aromatic rings. The lowest BCUT2D eigenvalue weighted by Crippen LogP contribution is -2.67. The molecule has 43 heavy (non-hydrogen) atoms. The van der Waals surface area contributed by atoms with Gasteiger partial charge in [-0.15, -0.1) is 0 Å². The van der Waals surface area contributed by atoms with Crippen LogP contribution in [0.4, 0.5) is 8.78 Å². The lowest BCUT2D eigenvalue weighted by atomic mass is 9.32. The molecule has 2 N–H and O–H groups in total. The molecule has 232 valence electrons. The quantitative estimate of drug-likeness (QED) is 0.383. The van der Waals surface area contributed by atoms with E-state index in [1.165, 1.54) is 6.07 Å². The second-order valence-electron chi connectivity index (χ2n) is 15.1. The number of amides is 1. The topological polar surface area (TPSA) is 81.1 Å². The Morgan fingerprint density at radius 1 is 0.930 bits per heavy atom. The summed E-state index contributed by atoms with van der Waals surface area (Å²) in [5, 5.41) is 23.4. The molecule has 8 atom stereocenters. The van der Waals surface area contributed by atoms with Crippen molar-refractivity contribution in [3.05, 3.63) is 59.2 Å². The van der Waals surface area contributed by atoms with Gasteiger partial charge in [-0.05, 0) is 80.4 Å². The van der Waals surface area contributed by atoms with Gasteiger partial charge >= 0.3 is 0 Å². The van der Waals surface area contributed by atoms with E-state index in [9.17, 15) is 28.6 Å². The van der Waals surface area contributed by atoms with Gasteiger partial charge in [-0.3, -0.25) is 14.5 Å². The summed E-state index contributed by atoms with van der Waals surface area (Å²) < 4.78 is 28.3. The van der Waals surface area contributed by atoms with Crippen molar-refractivity contribution in [1.82, 2.24) is 9.80 Å². The fourth-order valence-corrected chi connectivity index (χ4v) is 11.0. The van der Waals surface area contributed by atoms with Gasteiger partial charge in [0.1, 0.15) is 0 Å². The van der Waals surface area contributed by atoms with Crippen molar-refractivity contribution in [3.8, 4) is 0 Å². The van der Waals surface area contributed by atoms with E-state index in [1.54, 1.807) is 6.92 Å². The summed E-state index contributed by atoms with van der Waals surface area (Å²) in [6, 6.07) is 3.41. The smallest absolute Gasteiger partial charge is 0.219 e. The molecule has 8 heteroatoms. The van der Waals surface area contributed by atoms with E-state index in [2.05, 4.69) is 37.0 Å². The van der Waals surface area contributed by atoms with Crippen molar-refractivity contribution < 1.29 is 28.6 Å². The van der Waals surface area contributed by atoms with E-state index in [1.807, 2.05) is 4.90 Å². The Morgan fingerprint density at radius 2 is 1.60 bits per heavy atom. The van der Waals surface area contributed by atoms with Gasteiger partial charge in [-0.1, -0.05) is 32.1 Å². The Labute approximate surface area is 252 Å². The van der Waals surface area contributed by atoms with Crippen LogP contribution >= 0.6 is 0 Å². The standard InChI is InChI=1S/C35H44F2N2O4/c1-22(40)39-16-14-38(15-17-39)21-34(43)11-8-29-32(34,3)10-7-28-31(2)9-6-24(41)19-33(31)12-13-35(28,29)25(20-33)30(42)23-4-5-26(36)27(37)18-23/h4-5,12-13,18,20,24,28-29,41,43H,6-11,14-17,19,21H2,1-3H3. The molecule has 0 aromatic heterocycles. The SMILES string of the molecule is CC(=O)N1CCN(CC2(O)CCC3C45C=CC6(C=C4C(=O)c4ccc(F)c(F)c4)CC(O)CCC6(C)C5CCC32C)CC1. The van der Waals surface area contributed by atoms with E-state index in [0.29, 0.717) is 38.0 Å². The third-order valence-corrected chi connectivity index (χ3v) is 13.4. The summed E-state index contributed by atoms with van der Waals surface area (Å²) in [6.45, 7) is 9.41. The van der Waals surface area contributed by atoms with Gasteiger partial charge in [0, 0.05) is 67.0 Å². The number of benzene rings is 1. The lowest BCUT2D eigenvalue weighted by Gasteiger charge is -2.71. The molecule has 2 bridgehead atoms. The van der Waals surface area contributed by atoms with Crippen LogP contribution in [0, 0.1) is 45.1 Å². The minimum absolute atomic E-state index is 0.0130. The molecule has 1 saturated heterocycles. The highest BCUT2D eigenvalue weighted by Gasteiger charge is 2.74. The minimum Gasteiger partial charge on any atom is -0.393 e. The number of hydrogen-bond donors (Lipinski definition) is 2. The molecule has 1 aliphatic heterocycles. The number of aliphatic hydroxyl groups is 2. The summed E-state index contributed by atoms with van der Waals surface area (Å²) in [5.74, 6) is -2.11. The van der Waals surface area contributed by atoms with Crippen LogP contribution in [-0.4, -0.2) is 76.1 Å². The molecule has 7 aliphatic rings. The van der Waals surface area contributed by atoms with Crippen molar-refractivity contribution in [2.75, 3.05) is 32.7 Å². The number of allylic oxidation sites excluding steroid dienone is 4. The van der Waals surface area contributed by atoms with Gasteiger partial charge in [0.25, 0.3) is 0 Å². The van der Waals surface area contributed by atoms with Crippen molar-refractivity contribution in [2.45, 2.75) is 77.4 Å². The summed E-state index contributed by atoms with van der Waals surface area (Å²) in [6.07, 6.45) is 11.3. The van der Waals surface area contributed by atoms with Crippen LogP contribution in [0.3, 0.4) is 0 Å². The predicted molar refractivity (Wildman–Crippen MR) is 158 cm³/mol. The first-order valence-corrected chi connectivity index (χ1v) is 16.1. The molecule has 8 rings (SSSR count). The molecule has 1 heterocycles. The van der Waals surface area contributed by atoms with Crippen LogP contribution in [-0.2, 0) is 4.79 Å². The second-order valence-corrected chi connectivity index (χ2v) is 15.1. The van der Waals surface area contributed by atoms with Crippen LogP contribution < -0.4 is 0 Å². The number of fused-ring (bicyclic) bond motifs is 1. The zero-order valence-electron chi connectivity index (χ0n) is 25.5. The first-order chi connectivity index (χ1) is 20.3. The zero-order valence-corrected chi connectivity index (χ0v) is 25.5. The molecule has 0 radical (unpaired) electrons. The van der Waals surface area contributed by atoms with Crippen LogP contribution in [0.15, 0.2) is 42.0 Å². The summed E-state index contributed by atoms with van der Waals surface area (Å²) in [4.78, 5) is 30.5. The molecular weight excluding hydrogens is 550 g/mol. The fourth-order valence-electron chi connectivity index (χ4n) is 11.0. The number of nitrogens with zero attached hydrogens (tertiary/aromatic N) is 2. The molecule has 3 saturated carbocycles. The molecule has 6 aliphatic carbocycles. The van der Waals surface area contributed by atoms with Gasteiger partial charge < -0.3 is 15.1 Å². The Bertz CT molecular complexity index is 1440. The number of aliphatic hydroxyl groups excluding tert-OH is 1. The van der Waals surface area contributed by atoms with Crippen molar-refractivity contribution in [2.24, 2.45) is 33.5 Å². The Balaban J connectivity index is 1.30. The first-order valence-electron chi connectivity index (χ1n) is 16.1. The van der Waals surface area contributed by atoms with Gasteiger partial charge in [0.2, 0.25) is 5.91 Å². The normalized spacial score (nSPS) is 43.6. The van der Waals surface area contributed by atoms with Gasteiger partial charge in [0.05, 0.1) is 11.7 Å². The Morgan fingerprint density at radius 3 is 2.30 bits per heavy atom. The third-order valence-electron chi connectivity index (χ3n) is 13.4. The van der Waals surface area contributed by atoms with Crippen molar-refractivity contribution in [3.63, 3.8) is 0 Å². The number of hydrogen-bond acceptors (Lipinski definition) is 5. The highest BCUT2D eigenvalue weighted by atomic mass is 19.2. The van der Waals surface area contributed by atoms with Gasteiger partial charge in [0.15, 0.2) is 17.4 Å². The molecule has 4 fully saturated rings. The number of Topliss-reactive ketones (excluding diaryl/α,β-unsaturated/α-hetero) is 1. The third kappa shape index (κ3) is 3.84. The second kappa shape index (κ2) is 9.54. The number of carbonyl (C=O) groups excluding carboxylic acids is 2. The van der Waals surface area contributed by atoms with Crippen LogP contribution in [0.1, 0.15) is 76.1 Å². The summed E-state index contributed by atoms with van der Waals surface area (Å²) in [7, 11) is 0. The van der Waals surface area contributed by atoms with Crippen molar-refractivity contribution in [1.29, 1.82) is 0 Å². The average Bonchev–Trinajstić information content (AvgIpc) is 3.24. The lowest BCUT2D eigenvalue weighted by molar-refractivity contribution is -0.177. The number of piperazine rings is 1. The molecule has 1 amide bonds. The molecular formula is C35H44F2N2O4. The fraction of sp³-hybridized carbons (Fsp3) is 0.657. The maximum atomic E-state index is 14.5.